The Morgan fingerprint density at radius 3 is 1.61 bits per heavy atom. The van der Waals surface area contributed by atoms with Crippen LogP contribution in [0.5, 0.6) is 69.0 Å². The van der Waals surface area contributed by atoms with E-state index in [9.17, 15) is 50.4 Å². The lowest BCUT2D eigenvalue weighted by atomic mass is 9.87. The highest BCUT2D eigenvalue weighted by Gasteiger charge is 2.43. The van der Waals surface area contributed by atoms with Crippen molar-refractivity contribution in [1.29, 1.82) is 0 Å². The molecule has 96 heavy (non-hydrogen) atoms. The van der Waals surface area contributed by atoms with Gasteiger partial charge in [-0.1, -0.05) is 105 Å². The van der Waals surface area contributed by atoms with Gasteiger partial charge in [0.15, 0.2) is 23.0 Å². The first-order chi connectivity index (χ1) is 46.0. The standard InChI is InChI=1S/C68H66Cl2N8O18/c1-2-3-4-5-6-7-8-9-19-72-63(88)56-39-28-36(80)29-44(83)51(39)50-38(11-10-12-43(50)82)55-66(91)78-58(68(93)76-56)60(85)32-15-18-46(41(70)23-32)96-49-26-34-25-48(61(49)86)95-45-17-14-31(22-40(45)69)59(84)57-67(92)74-53(64(89)73-54(34)65(90)75-55)33-20-35(79)27-37(21-33)94-47-24-30(13-16-42(47)81)52(71)62(87)77-57/h10-18,20-29,52-60,79-86H,2-9,19,71H2,1H3,(H,72,88)(H,73,89)(H,74,92)(H,75,90)(H,76,93)(H,77,87)(H,78,91). The number of carbonyl (C=O) groups excluding carboxylic acids is 7. The van der Waals surface area contributed by atoms with Crippen molar-refractivity contribution in [1.82, 2.24) is 37.2 Å². The van der Waals surface area contributed by atoms with E-state index in [4.69, 9.17) is 43.1 Å². The summed E-state index contributed by atoms with van der Waals surface area (Å²) in [6.07, 6.45) is 3.27. The van der Waals surface area contributed by atoms with Crippen molar-refractivity contribution >= 4 is 64.6 Å². The van der Waals surface area contributed by atoms with E-state index in [1.54, 1.807) is 0 Å². The molecule has 17 N–H and O–H groups in total. The van der Waals surface area contributed by atoms with Crippen LogP contribution in [0.3, 0.4) is 0 Å². The van der Waals surface area contributed by atoms with Crippen molar-refractivity contribution in [2.45, 2.75) is 113 Å². The highest BCUT2D eigenvalue weighted by Crippen LogP contribution is 2.49. The number of amides is 7. The summed E-state index contributed by atoms with van der Waals surface area (Å²) in [5, 5.41) is 112. The molecule has 9 atom stereocenters. The predicted octanol–water partition coefficient (Wildman–Crippen LogP) is 7.65. The van der Waals surface area contributed by atoms with Crippen LogP contribution >= 0.6 is 23.2 Å². The number of carbonyl (C=O) groups is 7. The second-order valence-electron chi connectivity index (χ2n) is 23.6. The highest BCUT2D eigenvalue weighted by atomic mass is 35.5. The summed E-state index contributed by atoms with van der Waals surface area (Å²) in [4.78, 5) is 107. The van der Waals surface area contributed by atoms with Gasteiger partial charge in [0.2, 0.25) is 47.1 Å². The van der Waals surface area contributed by atoms with E-state index in [0.29, 0.717) is 6.42 Å². The summed E-state index contributed by atoms with van der Waals surface area (Å²) < 4.78 is 18.5. The van der Waals surface area contributed by atoms with Gasteiger partial charge in [-0.25, -0.2) is 0 Å². The molecule has 0 spiro atoms. The summed E-state index contributed by atoms with van der Waals surface area (Å²) in [6.45, 7) is 2.21. The molecule has 6 aliphatic rings. The summed E-state index contributed by atoms with van der Waals surface area (Å²) in [5.41, 5.74) is 3.87. The lowest BCUT2D eigenvalue weighted by molar-refractivity contribution is -0.137. The summed E-state index contributed by atoms with van der Waals surface area (Å²) in [7, 11) is 0. The molecule has 7 aromatic carbocycles. The highest BCUT2D eigenvalue weighted by molar-refractivity contribution is 6.32. The fourth-order valence-electron chi connectivity index (χ4n) is 11.9. The molecular formula is C68H66Cl2N8O18. The molecule has 7 amide bonds. The Hall–Kier alpha value is -10.5. The second kappa shape index (κ2) is 28.2. The van der Waals surface area contributed by atoms with Crippen LogP contribution < -0.4 is 57.2 Å². The van der Waals surface area contributed by atoms with E-state index in [2.05, 4.69) is 44.1 Å². The molecule has 7 aromatic rings. The zero-order valence-corrected chi connectivity index (χ0v) is 52.5. The van der Waals surface area contributed by atoms with Crippen LogP contribution in [0.2, 0.25) is 10.0 Å². The Balaban J connectivity index is 1.11. The van der Waals surface area contributed by atoms with E-state index in [0.717, 1.165) is 112 Å². The number of hydrogen-bond donors (Lipinski definition) is 16. The lowest BCUT2D eigenvalue weighted by Gasteiger charge is -2.31. The maximum absolute atomic E-state index is 16.1. The fraction of sp³-hybridized carbons (Fsp3) is 0.279. The molecule has 0 fully saturated rings. The molecule has 0 radical (unpaired) electrons. The number of ether oxygens (including phenoxy) is 3. The molecule has 26 nitrogen and oxygen atoms in total. The summed E-state index contributed by atoms with van der Waals surface area (Å²) in [6, 6.07) is 7.42. The largest absolute Gasteiger partial charge is 0.508 e. The summed E-state index contributed by atoms with van der Waals surface area (Å²) >= 11 is 13.8. The van der Waals surface area contributed by atoms with Gasteiger partial charge in [0, 0.05) is 29.8 Å². The second-order valence-corrected chi connectivity index (χ2v) is 24.4. The smallest absolute Gasteiger partial charge is 0.248 e. The van der Waals surface area contributed by atoms with Crippen LogP contribution in [-0.2, 0) is 33.6 Å². The first-order valence-corrected chi connectivity index (χ1v) is 31.5. The molecule has 6 aliphatic heterocycles. The number of unbranched alkanes of at least 4 members (excludes halogenated alkanes) is 7. The van der Waals surface area contributed by atoms with Gasteiger partial charge in [0.1, 0.15) is 94.7 Å². The lowest BCUT2D eigenvalue weighted by Crippen LogP contribution is -2.56. The molecule has 0 aromatic heterocycles. The van der Waals surface area contributed by atoms with Crippen LogP contribution in [0.1, 0.15) is 140 Å². The zero-order chi connectivity index (χ0) is 68.4. The maximum atomic E-state index is 16.1. The van der Waals surface area contributed by atoms with Gasteiger partial charge < -0.3 is 98.0 Å². The van der Waals surface area contributed by atoms with Crippen molar-refractivity contribution in [3.8, 4) is 80.1 Å². The third-order valence-corrected chi connectivity index (χ3v) is 17.5. The number of aliphatic hydroxyl groups excluding tert-OH is 2. The number of rotatable bonds is 10. The van der Waals surface area contributed by atoms with Gasteiger partial charge >= 0.3 is 0 Å². The van der Waals surface area contributed by atoms with Crippen molar-refractivity contribution in [2.75, 3.05) is 6.54 Å². The Bertz CT molecular complexity index is 4270. The third kappa shape index (κ3) is 14.0. The van der Waals surface area contributed by atoms with E-state index in [1.807, 2.05) is 0 Å². The number of halogens is 2. The minimum Gasteiger partial charge on any atom is -0.508 e. The Kier molecular flexibility index (Phi) is 19.7. The molecule has 28 heteroatoms. The minimum atomic E-state index is -2.25. The van der Waals surface area contributed by atoms with Crippen molar-refractivity contribution in [3.05, 3.63) is 164 Å². The topological polar surface area (TPSA) is 419 Å². The minimum absolute atomic E-state index is 0.0404. The van der Waals surface area contributed by atoms with Gasteiger partial charge in [-0.05, 0) is 118 Å². The molecule has 15 bridgehead atoms. The Morgan fingerprint density at radius 2 is 0.990 bits per heavy atom. The Labute approximate surface area is 557 Å². The Morgan fingerprint density at radius 1 is 0.469 bits per heavy atom. The predicted molar refractivity (Wildman–Crippen MR) is 344 cm³/mol. The first-order valence-electron chi connectivity index (χ1n) is 30.7. The number of nitrogens with one attached hydrogen (secondary N) is 7. The van der Waals surface area contributed by atoms with Crippen molar-refractivity contribution in [2.24, 2.45) is 5.73 Å². The van der Waals surface area contributed by atoms with Crippen LogP contribution in [0.25, 0.3) is 11.1 Å². The molecular weight excluding hydrogens is 1290 g/mol. The van der Waals surface area contributed by atoms with E-state index >= 15 is 24.0 Å². The number of aromatic hydroxyl groups is 6. The van der Waals surface area contributed by atoms with Crippen LogP contribution in [-0.4, -0.2) is 101 Å². The van der Waals surface area contributed by atoms with Crippen molar-refractivity contribution < 1.29 is 88.6 Å². The number of nitrogens with two attached hydrogens (primary N) is 1. The van der Waals surface area contributed by atoms with Gasteiger partial charge in [-0.3, -0.25) is 33.6 Å². The average molecular weight is 1350 g/mol. The third-order valence-electron chi connectivity index (χ3n) is 16.9. The average Bonchev–Trinajstić information content (AvgIpc) is 1.62. The normalized spacial score (nSPS) is 21.6. The molecule has 0 aliphatic carbocycles. The summed E-state index contributed by atoms with van der Waals surface area (Å²) in [5.74, 6) is -14.8. The van der Waals surface area contributed by atoms with E-state index < -0.39 is 153 Å². The molecule has 0 saturated carbocycles. The quantitative estimate of drug-likeness (QED) is 0.0584. The monoisotopic (exact) mass is 1350 g/mol. The molecule has 0 saturated heterocycles. The van der Waals surface area contributed by atoms with Crippen LogP contribution in [0.4, 0.5) is 0 Å². The van der Waals surface area contributed by atoms with Gasteiger partial charge in [-0.2, -0.15) is 0 Å². The van der Waals surface area contributed by atoms with Gasteiger partial charge in [0.25, 0.3) is 0 Å². The number of benzene rings is 7. The number of fused-ring (bicyclic) bond motifs is 13. The molecule has 500 valence electrons. The first kappa shape index (κ1) is 66.9. The van der Waals surface area contributed by atoms with Crippen LogP contribution in [0, 0.1) is 0 Å². The number of phenols is 6. The SMILES string of the molecule is CCCCCCCCCCNC(=O)C1NC(=O)C2NC(=O)C(NC(=O)C3NC(=O)C4NC(=O)C(NC(=O)C(N)c5ccc(O)c(c5)Oc5cc(O)cc4c5)C(O)c4ccc(c(Cl)c4)Oc4cc3cc(c4O)Oc3ccc(cc3Cl)C2O)c2cccc(O)c2-c2c(O)cc(O)cc21. The van der Waals surface area contributed by atoms with Crippen molar-refractivity contribution in [3.63, 3.8) is 0 Å². The number of hydrogen-bond acceptors (Lipinski definition) is 19. The van der Waals surface area contributed by atoms with Gasteiger partial charge in [-0.15, -0.1) is 0 Å². The van der Waals surface area contributed by atoms with Gasteiger partial charge in [0.05, 0.1) is 10.0 Å². The van der Waals surface area contributed by atoms with E-state index in [-0.39, 0.29) is 78.5 Å². The van der Waals surface area contributed by atoms with Crippen LogP contribution in [0.15, 0.2) is 115 Å². The van der Waals surface area contributed by atoms with E-state index in [1.165, 1.54) is 48.5 Å². The molecule has 9 unspecified atom stereocenters. The number of phenolic OH excluding ortho intramolecular Hbond substituents is 6. The molecule has 6 heterocycles. The fourth-order valence-corrected chi connectivity index (χ4v) is 12.4. The zero-order valence-electron chi connectivity index (χ0n) is 51.0. The molecule has 13 rings (SSSR count). The number of aliphatic hydroxyl groups is 2. The maximum Gasteiger partial charge on any atom is 0.248 e.